The van der Waals surface area contributed by atoms with Gasteiger partial charge in [-0.15, -0.1) is 11.6 Å². The van der Waals surface area contributed by atoms with Crippen LogP contribution in [-0.2, 0) is 21.7 Å². The van der Waals surface area contributed by atoms with Gasteiger partial charge in [0, 0.05) is 19.0 Å². The normalized spacial score (nSPS) is 21.6. The SMILES string of the molecule is CC1CCCN(S(=O)(=O)Cc2ccc(CCl)cc2)CC1. The van der Waals surface area contributed by atoms with E-state index in [0.717, 1.165) is 30.4 Å². The summed E-state index contributed by atoms with van der Waals surface area (Å²) in [6.07, 6.45) is 3.05. The first kappa shape index (κ1) is 15.8. The zero-order chi connectivity index (χ0) is 14.6. The van der Waals surface area contributed by atoms with Gasteiger partial charge in [-0.3, -0.25) is 0 Å². The van der Waals surface area contributed by atoms with Crippen LogP contribution in [0.5, 0.6) is 0 Å². The van der Waals surface area contributed by atoms with Gasteiger partial charge in [0.25, 0.3) is 0 Å². The maximum Gasteiger partial charge on any atom is 0.218 e. The monoisotopic (exact) mass is 315 g/mol. The van der Waals surface area contributed by atoms with Gasteiger partial charge in [-0.2, -0.15) is 0 Å². The Bertz CT molecular complexity index is 527. The molecular weight excluding hydrogens is 294 g/mol. The van der Waals surface area contributed by atoms with Crippen molar-refractivity contribution in [3.63, 3.8) is 0 Å². The molecule has 3 nitrogen and oxygen atoms in total. The van der Waals surface area contributed by atoms with Gasteiger partial charge in [0.1, 0.15) is 0 Å². The minimum absolute atomic E-state index is 0.0872. The van der Waals surface area contributed by atoms with Gasteiger partial charge in [-0.25, -0.2) is 12.7 Å². The molecule has 0 spiro atoms. The van der Waals surface area contributed by atoms with E-state index in [1.54, 1.807) is 4.31 Å². The van der Waals surface area contributed by atoms with Crippen molar-refractivity contribution in [2.45, 2.75) is 37.8 Å². The molecule has 2 rings (SSSR count). The number of alkyl halides is 1. The zero-order valence-electron chi connectivity index (χ0n) is 11.9. The summed E-state index contributed by atoms with van der Waals surface area (Å²) in [5.74, 6) is 1.17. The van der Waals surface area contributed by atoms with E-state index in [1.807, 2.05) is 24.3 Å². The first-order valence-electron chi connectivity index (χ1n) is 7.13. The molecule has 0 amide bonds. The molecule has 1 aromatic rings. The van der Waals surface area contributed by atoms with Gasteiger partial charge in [-0.1, -0.05) is 31.2 Å². The number of benzene rings is 1. The molecule has 0 saturated carbocycles. The second-order valence-corrected chi connectivity index (χ2v) is 7.88. The standard InChI is InChI=1S/C15H22ClNO2S/c1-13-3-2-9-17(10-8-13)20(18,19)12-15-6-4-14(11-16)5-7-15/h4-7,13H,2-3,8-12H2,1H3. The van der Waals surface area contributed by atoms with Crippen LogP contribution in [0.15, 0.2) is 24.3 Å². The van der Waals surface area contributed by atoms with E-state index in [0.29, 0.717) is 24.9 Å². The molecular formula is C15H22ClNO2S. The third-order valence-corrected chi connectivity index (χ3v) is 6.05. The minimum Gasteiger partial charge on any atom is -0.212 e. The molecule has 1 fully saturated rings. The summed E-state index contributed by atoms with van der Waals surface area (Å²) in [5.41, 5.74) is 1.84. The summed E-state index contributed by atoms with van der Waals surface area (Å²) in [7, 11) is -3.20. The molecule has 0 aliphatic carbocycles. The highest BCUT2D eigenvalue weighted by Gasteiger charge is 2.24. The van der Waals surface area contributed by atoms with Crippen molar-refractivity contribution in [2.75, 3.05) is 13.1 Å². The predicted molar refractivity (Wildman–Crippen MR) is 83.2 cm³/mol. The third-order valence-electron chi connectivity index (χ3n) is 3.90. The lowest BCUT2D eigenvalue weighted by Gasteiger charge is -2.20. The maximum absolute atomic E-state index is 12.5. The Morgan fingerprint density at radius 2 is 1.80 bits per heavy atom. The number of sulfonamides is 1. The molecule has 20 heavy (non-hydrogen) atoms. The fourth-order valence-electron chi connectivity index (χ4n) is 2.54. The van der Waals surface area contributed by atoms with E-state index in [9.17, 15) is 8.42 Å². The lowest BCUT2D eigenvalue weighted by Crippen LogP contribution is -2.33. The van der Waals surface area contributed by atoms with Gasteiger partial charge in [-0.05, 0) is 36.3 Å². The fourth-order valence-corrected chi connectivity index (χ4v) is 4.31. The number of hydrogen-bond acceptors (Lipinski definition) is 2. The highest BCUT2D eigenvalue weighted by molar-refractivity contribution is 7.88. The second-order valence-electron chi connectivity index (χ2n) is 5.64. The average molecular weight is 316 g/mol. The van der Waals surface area contributed by atoms with Crippen LogP contribution >= 0.6 is 11.6 Å². The topological polar surface area (TPSA) is 37.4 Å². The van der Waals surface area contributed by atoms with E-state index in [4.69, 9.17) is 11.6 Å². The van der Waals surface area contributed by atoms with Crippen LogP contribution in [0.25, 0.3) is 0 Å². The van der Waals surface area contributed by atoms with Crippen LogP contribution in [0.2, 0.25) is 0 Å². The van der Waals surface area contributed by atoms with Gasteiger partial charge < -0.3 is 0 Å². The van der Waals surface area contributed by atoms with Gasteiger partial charge in [0.2, 0.25) is 10.0 Å². The largest absolute Gasteiger partial charge is 0.218 e. The van der Waals surface area contributed by atoms with Crippen molar-refractivity contribution in [3.05, 3.63) is 35.4 Å². The molecule has 5 heteroatoms. The summed E-state index contributed by atoms with van der Waals surface area (Å²) in [6, 6.07) is 7.50. The van der Waals surface area contributed by atoms with E-state index < -0.39 is 10.0 Å². The van der Waals surface area contributed by atoms with Crippen LogP contribution in [0.3, 0.4) is 0 Å². The Morgan fingerprint density at radius 3 is 2.45 bits per heavy atom. The van der Waals surface area contributed by atoms with Gasteiger partial charge >= 0.3 is 0 Å². The predicted octanol–water partition coefficient (Wildman–Crippen LogP) is 3.38. The van der Waals surface area contributed by atoms with Gasteiger partial charge in [0.05, 0.1) is 5.75 Å². The average Bonchev–Trinajstić information content (AvgIpc) is 2.64. The molecule has 112 valence electrons. The van der Waals surface area contributed by atoms with Crippen molar-refractivity contribution < 1.29 is 8.42 Å². The number of nitrogens with zero attached hydrogens (tertiary/aromatic N) is 1. The van der Waals surface area contributed by atoms with Crippen molar-refractivity contribution in [3.8, 4) is 0 Å². The summed E-state index contributed by atoms with van der Waals surface area (Å²) in [6.45, 7) is 3.51. The smallest absolute Gasteiger partial charge is 0.212 e. The van der Waals surface area contributed by atoms with Crippen molar-refractivity contribution in [1.82, 2.24) is 4.31 Å². The fraction of sp³-hybridized carbons (Fsp3) is 0.600. The molecule has 0 N–H and O–H groups in total. The number of rotatable bonds is 4. The second kappa shape index (κ2) is 6.92. The van der Waals surface area contributed by atoms with E-state index in [-0.39, 0.29) is 5.75 Å². The van der Waals surface area contributed by atoms with Crippen LogP contribution in [0.1, 0.15) is 37.3 Å². The first-order valence-corrected chi connectivity index (χ1v) is 9.27. The molecule has 1 heterocycles. The Hall–Kier alpha value is -0.580. The molecule has 1 unspecified atom stereocenters. The van der Waals surface area contributed by atoms with Crippen molar-refractivity contribution in [2.24, 2.45) is 5.92 Å². The molecule has 1 aliphatic rings. The molecule has 1 aromatic carbocycles. The first-order chi connectivity index (χ1) is 9.51. The lowest BCUT2D eigenvalue weighted by molar-refractivity contribution is 0.416. The van der Waals surface area contributed by atoms with Crippen molar-refractivity contribution in [1.29, 1.82) is 0 Å². The Balaban J connectivity index is 2.05. The molecule has 1 saturated heterocycles. The summed E-state index contributed by atoms with van der Waals surface area (Å²) in [5, 5.41) is 0. The quantitative estimate of drug-likeness (QED) is 0.799. The maximum atomic E-state index is 12.5. The van der Waals surface area contributed by atoms with E-state index in [1.165, 1.54) is 0 Å². The molecule has 0 radical (unpaired) electrons. The molecule has 1 atom stereocenters. The summed E-state index contributed by atoms with van der Waals surface area (Å²) >= 11 is 5.74. The highest BCUT2D eigenvalue weighted by atomic mass is 35.5. The van der Waals surface area contributed by atoms with Crippen LogP contribution in [0, 0.1) is 5.92 Å². The Kier molecular flexibility index (Phi) is 5.47. The van der Waals surface area contributed by atoms with Crippen LogP contribution in [-0.4, -0.2) is 25.8 Å². The number of halogens is 1. The summed E-state index contributed by atoms with van der Waals surface area (Å²) < 4.78 is 26.6. The van der Waals surface area contributed by atoms with Gasteiger partial charge in [0.15, 0.2) is 0 Å². The Labute approximate surface area is 127 Å². The van der Waals surface area contributed by atoms with Crippen LogP contribution < -0.4 is 0 Å². The minimum atomic E-state index is -3.20. The van der Waals surface area contributed by atoms with E-state index in [2.05, 4.69) is 6.92 Å². The van der Waals surface area contributed by atoms with Crippen molar-refractivity contribution >= 4 is 21.6 Å². The van der Waals surface area contributed by atoms with E-state index >= 15 is 0 Å². The molecule has 0 bridgehead atoms. The summed E-state index contributed by atoms with van der Waals surface area (Å²) in [4.78, 5) is 0. The lowest BCUT2D eigenvalue weighted by atomic mass is 10.0. The molecule has 0 aromatic heterocycles. The Morgan fingerprint density at radius 1 is 1.15 bits per heavy atom. The molecule has 1 aliphatic heterocycles. The third kappa shape index (κ3) is 4.21. The zero-order valence-corrected chi connectivity index (χ0v) is 13.5. The highest BCUT2D eigenvalue weighted by Crippen LogP contribution is 2.21. The number of hydrogen-bond donors (Lipinski definition) is 0. The van der Waals surface area contributed by atoms with Crippen LogP contribution in [0.4, 0.5) is 0 Å².